The average molecular weight is 358 g/mol. The number of carbonyl (C=O) groups excluding carboxylic acids is 1. The molecule has 0 saturated carbocycles. The lowest BCUT2D eigenvalue weighted by Gasteiger charge is -2.28. The highest BCUT2D eigenvalue weighted by Gasteiger charge is 2.34. The number of allylic oxidation sites excluding steroid dienone is 1. The van der Waals surface area contributed by atoms with Crippen molar-refractivity contribution < 1.29 is 9.53 Å². The van der Waals surface area contributed by atoms with Crippen molar-refractivity contribution in [3.8, 4) is 0 Å². The minimum absolute atomic E-state index is 0.307. The Morgan fingerprint density at radius 2 is 2.12 bits per heavy atom. The van der Waals surface area contributed by atoms with E-state index in [1.54, 1.807) is 16.4 Å². The zero-order chi connectivity index (χ0) is 17.8. The van der Waals surface area contributed by atoms with Gasteiger partial charge in [0.15, 0.2) is 0 Å². The third-order valence-corrected chi connectivity index (χ3v) is 4.92. The Balaban J connectivity index is 1.99. The van der Waals surface area contributed by atoms with E-state index in [1.807, 2.05) is 37.4 Å². The van der Waals surface area contributed by atoms with Gasteiger partial charge in [0, 0.05) is 10.6 Å². The quantitative estimate of drug-likeness (QED) is 0.483. The van der Waals surface area contributed by atoms with Gasteiger partial charge in [0.2, 0.25) is 5.95 Å². The summed E-state index contributed by atoms with van der Waals surface area (Å²) in [7, 11) is 0. The fraction of sp³-hybridized carbons (Fsp3) is 0.389. The molecular formula is C18H22N4O2S. The van der Waals surface area contributed by atoms with Gasteiger partial charge < -0.3 is 10.1 Å². The van der Waals surface area contributed by atoms with E-state index in [2.05, 4.69) is 22.3 Å². The van der Waals surface area contributed by atoms with Crippen LogP contribution in [0.5, 0.6) is 0 Å². The lowest BCUT2D eigenvalue weighted by Crippen LogP contribution is -2.29. The third kappa shape index (κ3) is 3.56. The maximum absolute atomic E-state index is 12.7. The summed E-state index contributed by atoms with van der Waals surface area (Å²) in [5.41, 5.74) is 2.31. The Kier molecular flexibility index (Phi) is 5.43. The van der Waals surface area contributed by atoms with Gasteiger partial charge in [-0.05, 0) is 37.3 Å². The summed E-state index contributed by atoms with van der Waals surface area (Å²) in [5.74, 6) is 0.320. The number of hydrogen-bond acceptors (Lipinski definition) is 6. The first-order valence-corrected chi connectivity index (χ1v) is 9.56. The van der Waals surface area contributed by atoms with Crippen LogP contribution in [-0.4, -0.2) is 33.6 Å². The molecule has 1 N–H and O–H groups in total. The average Bonchev–Trinajstić information content (AvgIpc) is 3.08. The molecule has 25 heavy (non-hydrogen) atoms. The molecule has 1 aliphatic rings. The summed E-state index contributed by atoms with van der Waals surface area (Å²) in [6.45, 7) is 4.37. The zero-order valence-corrected chi connectivity index (χ0v) is 15.5. The number of anilines is 1. The molecule has 1 aliphatic heterocycles. The van der Waals surface area contributed by atoms with Crippen LogP contribution in [0.1, 0.15) is 38.3 Å². The Morgan fingerprint density at radius 1 is 1.36 bits per heavy atom. The van der Waals surface area contributed by atoms with Crippen LogP contribution in [-0.2, 0) is 9.53 Å². The Hall–Kier alpha value is -2.28. The van der Waals surface area contributed by atoms with Crippen molar-refractivity contribution in [2.45, 2.75) is 37.6 Å². The van der Waals surface area contributed by atoms with Gasteiger partial charge in [-0.3, -0.25) is 0 Å². The van der Waals surface area contributed by atoms with Crippen molar-refractivity contribution in [2.75, 3.05) is 18.2 Å². The maximum atomic E-state index is 12.7. The van der Waals surface area contributed by atoms with Crippen LogP contribution in [0.4, 0.5) is 5.95 Å². The molecule has 0 unspecified atom stereocenters. The van der Waals surface area contributed by atoms with Gasteiger partial charge in [-0.2, -0.15) is 10.1 Å². The fourth-order valence-electron chi connectivity index (χ4n) is 2.84. The second-order valence-electron chi connectivity index (χ2n) is 5.86. The van der Waals surface area contributed by atoms with Gasteiger partial charge in [-0.15, -0.1) is 11.8 Å². The monoisotopic (exact) mass is 358 g/mol. The van der Waals surface area contributed by atoms with Crippen LogP contribution >= 0.6 is 11.8 Å². The Morgan fingerprint density at radius 3 is 2.80 bits per heavy atom. The molecule has 0 fully saturated rings. The van der Waals surface area contributed by atoms with Crippen molar-refractivity contribution in [1.29, 1.82) is 0 Å². The van der Waals surface area contributed by atoms with E-state index in [-0.39, 0.29) is 12.0 Å². The molecule has 1 atom stereocenters. The number of unbranched alkanes of at least 4 members (excludes halogenated alkanes) is 1. The van der Waals surface area contributed by atoms with E-state index in [4.69, 9.17) is 4.74 Å². The molecule has 3 rings (SSSR count). The van der Waals surface area contributed by atoms with Crippen LogP contribution in [0, 0.1) is 0 Å². The molecule has 2 aromatic rings. The summed E-state index contributed by atoms with van der Waals surface area (Å²) < 4.78 is 7.21. The second-order valence-corrected chi connectivity index (χ2v) is 6.74. The van der Waals surface area contributed by atoms with E-state index >= 15 is 0 Å². The van der Waals surface area contributed by atoms with Crippen LogP contribution in [0.3, 0.4) is 0 Å². The number of nitrogens with zero attached hydrogens (tertiary/aromatic N) is 3. The van der Waals surface area contributed by atoms with E-state index in [0.717, 1.165) is 24.1 Å². The molecule has 2 heterocycles. The van der Waals surface area contributed by atoms with Crippen molar-refractivity contribution in [3.05, 3.63) is 47.4 Å². The molecule has 0 aliphatic carbocycles. The highest BCUT2D eigenvalue weighted by atomic mass is 32.2. The second kappa shape index (κ2) is 7.74. The van der Waals surface area contributed by atoms with Crippen molar-refractivity contribution >= 4 is 23.7 Å². The molecule has 1 aromatic carbocycles. The molecular weight excluding hydrogens is 336 g/mol. The van der Waals surface area contributed by atoms with Gasteiger partial charge in [-0.1, -0.05) is 25.5 Å². The minimum Gasteiger partial charge on any atom is -0.462 e. The lowest BCUT2D eigenvalue weighted by molar-refractivity contribution is -0.139. The third-order valence-electron chi connectivity index (χ3n) is 4.18. The number of esters is 1. The minimum atomic E-state index is -0.344. The highest BCUT2D eigenvalue weighted by molar-refractivity contribution is 7.98. The van der Waals surface area contributed by atoms with Crippen LogP contribution in [0.2, 0.25) is 0 Å². The summed E-state index contributed by atoms with van der Waals surface area (Å²) in [6, 6.07) is 7.81. The summed E-state index contributed by atoms with van der Waals surface area (Å²) in [6.07, 6.45) is 5.36. The number of rotatable bonds is 6. The molecule has 132 valence electrons. The number of carbonyl (C=O) groups is 1. The summed E-state index contributed by atoms with van der Waals surface area (Å²) in [4.78, 5) is 18.1. The van der Waals surface area contributed by atoms with Gasteiger partial charge in [0.1, 0.15) is 12.4 Å². The number of aromatic nitrogens is 3. The van der Waals surface area contributed by atoms with Gasteiger partial charge in [0.05, 0.1) is 12.2 Å². The van der Waals surface area contributed by atoms with E-state index in [1.165, 1.54) is 11.2 Å². The molecule has 0 amide bonds. The number of thioether (sulfide) groups is 1. The number of fused-ring (bicyclic) bond motifs is 1. The Labute approximate surface area is 151 Å². The fourth-order valence-corrected chi connectivity index (χ4v) is 3.24. The Bertz CT molecular complexity index is 783. The smallest absolute Gasteiger partial charge is 0.338 e. The first-order valence-electron chi connectivity index (χ1n) is 8.34. The lowest BCUT2D eigenvalue weighted by atomic mass is 9.96. The topological polar surface area (TPSA) is 69.0 Å². The summed E-state index contributed by atoms with van der Waals surface area (Å²) >= 11 is 1.68. The van der Waals surface area contributed by atoms with Crippen molar-refractivity contribution in [1.82, 2.24) is 14.8 Å². The normalized spacial score (nSPS) is 16.4. The van der Waals surface area contributed by atoms with Crippen molar-refractivity contribution in [2.24, 2.45) is 0 Å². The van der Waals surface area contributed by atoms with E-state index in [9.17, 15) is 4.79 Å². The van der Waals surface area contributed by atoms with Crippen LogP contribution in [0.15, 0.2) is 46.8 Å². The number of hydrogen-bond donors (Lipinski definition) is 1. The SMILES string of the molecule is CCCCOC(=O)C1=C(C)Nc2ncnn2[C@H]1c1ccc(SC)cc1. The van der Waals surface area contributed by atoms with Gasteiger partial charge in [0.25, 0.3) is 0 Å². The molecule has 1 aromatic heterocycles. The molecule has 0 radical (unpaired) electrons. The molecule has 0 saturated heterocycles. The van der Waals surface area contributed by atoms with Crippen LogP contribution < -0.4 is 5.32 Å². The molecule has 0 spiro atoms. The first-order chi connectivity index (χ1) is 12.2. The molecule has 6 nitrogen and oxygen atoms in total. The molecule has 7 heteroatoms. The standard InChI is InChI=1S/C18H22N4O2S/c1-4-5-10-24-17(23)15-12(2)21-18-19-11-20-22(18)16(15)13-6-8-14(25-3)9-7-13/h6-9,11,16H,4-5,10H2,1-3H3,(H,19,20,21)/t16-/m0/s1. The van der Waals surface area contributed by atoms with E-state index in [0.29, 0.717) is 18.1 Å². The predicted octanol–water partition coefficient (Wildman–Crippen LogP) is 3.63. The van der Waals surface area contributed by atoms with Crippen LogP contribution in [0.25, 0.3) is 0 Å². The number of benzene rings is 1. The maximum Gasteiger partial charge on any atom is 0.338 e. The van der Waals surface area contributed by atoms with Crippen molar-refractivity contribution in [3.63, 3.8) is 0 Å². The first kappa shape index (κ1) is 17.5. The summed E-state index contributed by atoms with van der Waals surface area (Å²) in [5, 5.41) is 7.46. The largest absolute Gasteiger partial charge is 0.462 e. The zero-order valence-electron chi connectivity index (χ0n) is 14.7. The predicted molar refractivity (Wildman–Crippen MR) is 98.6 cm³/mol. The van der Waals surface area contributed by atoms with E-state index < -0.39 is 0 Å². The highest BCUT2D eigenvalue weighted by Crippen LogP contribution is 2.35. The molecule has 0 bridgehead atoms. The number of nitrogens with one attached hydrogen (secondary N) is 1. The van der Waals surface area contributed by atoms with Gasteiger partial charge >= 0.3 is 5.97 Å². The number of ether oxygens (including phenoxy) is 1. The van der Waals surface area contributed by atoms with Gasteiger partial charge in [-0.25, -0.2) is 9.48 Å².